The molecule has 0 aliphatic carbocycles. The minimum atomic E-state index is -5.35. The van der Waals surface area contributed by atoms with Gasteiger partial charge in [0, 0.05) is 43.1 Å². The Bertz CT molecular complexity index is 1030. The molecule has 0 spiro atoms. The van der Waals surface area contributed by atoms with Gasteiger partial charge in [-0.3, -0.25) is 4.98 Å². The summed E-state index contributed by atoms with van der Waals surface area (Å²) in [6, 6.07) is 6.72. The minimum absolute atomic E-state index is 0.501. The first-order valence-electron chi connectivity index (χ1n) is 9.17. The second-order valence-corrected chi connectivity index (χ2v) is 9.35. The number of allylic oxidation sites excluding steroid dienone is 1. The lowest BCUT2D eigenvalue weighted by Gasteiger charge is -2.24. The zero-order valence-corrected chi connectivity index (χ0v) is 17.7. The molecule has 0 saturated heterocycles. The zero-order chi connectivity index (χ0) is 22.1. The predicted octanol–water partition coefficient (Wildman–Crippen LogP) is 3.58. The number of aromatic nitrogens is 1. The van der Waals surface area contributed by atoms with E-state index in [2.05, 4.69) is 14.8 Å². The number of hydrogen-bond donors (Lipinski definition) is 0. The first-order valence-corrected chi connectivity index (χ1v) is 10.7. The van der Waals surface area contributed by atoms with Gasteiger partial charge in [0.1, 0.15) is 0 Å². The van der Waals surface area contributed by atoms with Gasteiger partial charge in [0.15, 0.2) is 0 Å². The predicted molar refractivity (Wildman–Crippen MR) is 108 cm³/mol. The van der Waals surface area contributed by atoms with Gasteiger partial charge in [0.05, 0.1) is 11.6 Å². The normalized spacial score (nSPS) is 15.1. The van der Waals surface area contributed by atoms with E-state index in [-0.39, 0.29) is 0 Å². The average molecular weight is 440 g/mol. The van der Waals surface area contributed by atoms with Crippen LogP contribution < -0.4 is 4.90 Å². The number of pyridine rings is 1. The smallest absolute Gasteiger partial charge is 0.351 e. The van der Waals surface area contributed by atoms with Crippen LogP contribution in [0.15, 0.2) is 59.5 Å². The maximum Gasteiger partial charge on any atom is 0.501 e. The van der Waals surface area contributed by atoms with Crippen LogP contribution in [0, 0.1) is 0 Å². The lowest BCUT2D eigenvalue weighted by Crippen LogP contribution is -2.27. The number of nitrogens with zero attached hydrogens (tertiary/aromatic N) is 4. The van der Waals surface area contributed by atoms with Gasteiger partial charge in [-0.2, -0.15) is 13.2 Å². The van der Waals surface area contributed by atoms with Gasteiger partial charge in [-0.1, -0.05) is 0 Å². The van der Waals surface area contributed by atoms with E-state index in [1.165, 1.54) is 12.1 Å². The highest BCUT2D eigenvalue weighted by Crippen LogP contribution is 2.32. The molecule has 162 valence electrons. The van der Waals surface area contributed by atoms with E-state index < -0.39 is 20.2 Å². The van der Waals surface area contributed by atoms with Gasteiger partial charge in [0.2, 0.25) is 0 Å². The van der Waals surface area contributed by atoms with Crippen molar-refractivity contribution >= 4 is 15.5 Å². The van der Waals surface area contributed by atoms with Crippen LogP contribution in [0.5, 0.6) is 0 Å². The number of hydrogen-bond acceptors (Lipinski definition) is 6. The maximum atomic E-state index is 12.7. The molecule has 2 aromatic rings. The first-order chi connectivity index (χ1) is 14.0. The molecule has 6 nitrogen and oxygen atoms in total. The second-order valence-electron chi connectivity index (χ2n) is 7.40. The molecule has 0 N–H and O–H groups in total. The Morgan fingerprint density at radius 3 is 2.37 bits per heavy atom. The Balaban J connectivity index is 1.75. The third kappa shape index (κ3) is 4.59. The van der Waals surface area contributed by atoms with Crippen molar-refractivity contribution in [3.05, 3.63) is 65.7 Å². The topological polar surface area (TPSA) is 56.8 Å². The number of sulfone groups is 1. The Morgan fingerprint density at radius 1 is 1.10 bits per heavy atom. The fourth-order valence-corrected chi connectivity index (χ4v) is 3.99. The molecule has 0 radical (unpaired) electrons. The van der Waals surface area contributed by atoms with Crippen molar-refractivity contribution in [2.75, 3.05) is 25.7 Å². The molecule has 1 aliphatic rings. The summed E-state index contributed by atoms with van der Waals surface area (Å²) in [5, 5.41) is 0. The quantitative estimate of drug-likeness (QED) is 0.685. The summed E-state index contributed by atoms with van der Waals surface area (Å²) >= 11 is 0. The molecule has 10 heteroatoms. The molecule has 1 aromatic carbocycles. The van der Waals surface area contributed by atoms with Crippen LogP contribution in [-0.4, -0.2) is 49.5 Å². The molecule has 0 bridgehead atoms. The molecule has 1 aromatic heterocycles. The molecule has 2 heterocycles. The molecular formula is C20H23F3N4O2S. The van der Waals surface area contributed by atoms with E-state index in [1.54, 1.807) is 6.20 Å². The van der Waals surface area contributed by atoms with E-state index in [0.29, 0.717) is 18.9 Å². The summed E-state index contributed by atoms with van der Waals surface area (Å²) in [5.41, 5.74) is -1.45. The van der Waals surface area contributed by atoms with Crippen molar-refractivity contribution in [1.82, 2.24) is 14.8 Å². The van der Waals surface area contributed by atoms with Crippen LogP contribution >= 0.6 is 0 Å². The highest BCUT2D eigenvalue weighted by molar-refractivity contribution is 7.92. The number of benzene rings is 1. The van der Waals surface area contributed by atoms with Crippen LogP contribution in [0.25, 0.3) is 0 Å². The van der Waals surface area contributed by atoms with Crippen molar-refractivity contribution in [1.29, 1.82) is 0 Å². The van der Waals surface area contributed by atoms with E-state index in [1.807, 2.05) is 44.4 Å². The first kappa shape index (κ1) is 22.1. The van der Waals surface area contributed by atoms with Crippen molar-refractivity contribution in [3.63, 3.8) is 0 Å². The molecule has 0 fully saturated rings. The second kappa shape index (κ2) is 8.27. The van der Waals surface area contributed by atoms with Crippen molar-refractivity contribution < 1.29 is 21.6 Å². The standard InChI is InChI=1S/C20H23F3N4O2S/c1-15-11-27(18-4-6-19(7-5-18)30(28,29)20(21,22)23)14-26(15)13-16-8-9-24-10-17(16)12-25(2)3/h4-11H,12-14H2,1-3H3. The van der Waals surface area contributed by atoms with Gasteiger partial charge in [0.25, 0.3) is 9.84 Å². The summed E-state index contributed by atoms with van der Waals surface area (Å²) in [7, 11) is -1.37. The number of anilines is 1. The van der Waals surface area contributed by atoms with E-state index in [4.69, 9.17) is 0 Å². The third-order valence-electron chi connectivity index (χ3n) is 4.80. The number of halogens is 3. The van der Waals surface area contributed by atoms with Crippen molar-refractivity contribution in [3.8, 4) is 0 Å². The molecule has 0 atom stereocenters. The lowest BCUT2D eigenvalue weighted by atomic mass is 10.1. The summed E-state index contributed by atoms with van der Waals surface area (Å²) in [4.78, 5) is 9.50. The van der Waals surface area contributed by atoms with Crippen molar-refractivity contribution in [2.24, 2.45) is 0 Å². The zero-order valence-electron chi connectivity index (χ0n) is 16.9. The molecule has 3 rings (SSSR count). The molecule has 1 aliphatic heterocycles. The van der Waals surface area contributed by atoms with E-state index in [0.717, 1.165) is 35.5 Å². The van der Waals surface area contributed by atoms with Crippen LogP contribution in [0.3, 0.4) is 0 Å². The fourth-order valence-electron chi connectivity index (χ4n) is 3.22. The van der Waals surface area contributed by atoms with Gasteiger partial charge < -0.3 is 14.7 Å². The van der Waals surface area contributed by atoms with Crippen molar-refractivity contribution in [2.45, 2.75) is 30.4 Å². The van der Waals surface area contributed by atoms with Gasteiger partial charge >= 0.3 is 5.51 Å². The highest BCUT2D eigenvalue weighted by Gasteiger charge is 2.46. The minimum Gasteiger partial charge on any atom is -0.351 e. The maximum absolute atomic E-state index is 12.7. The van der Waals surface area contributed by atoms with Crippen LogP contribution in [-0.2, 0) is 22.9 Å². The fraction of sp³-hybridized carbons (Fsp3) is 0.350. The average Bonchev–Trinajstić information content (AvgIpc) is 3.02. The van der Waals surface area contributed by atoms with E-state index >= 15 is 0 Å². The molecule has 0 unspecified atom stereocenters. The Labute approximate surface area is 174 Å². The monoisotopic (exact) mass is 440 g/mol. The SMILES string of the molecule is CC1=CN(c2ccc(S(=O)(=O)C(F)(F)F)cc2)CN1Cc1ccncc1CN(C)C. The Kier molecular flexibility index (Phi) is 6.09. The van der Waals surface area contributed by atoms with Crippen LogP contribution in [0.4, 0.5) is 18.9 Å². The van der Waals surface area contributed by atoms with E-state index in [9.17, 15) is 21.6 Å². The highest BCUT2D eigenvalue weighted by atomic mass is 32.2. The molecule has 0 amide bonds. The summed E-state index contributed by atoms with van der Waals surface area (Å²) in [6.07, 6.45) is 5.49. The summed E-state index contributed by atoms with van der Waals surface area (Å²) < 4.78 is 61.2. The number of alkyl halides is 3. The Hall–Kier alpha value is -2.59. The number of rotatable bonds is 6. The van der Waals surface area contributed by atoms with Gasteiger partial charge in [-0.05, 0) is 62.5 Å². The molecular weight excluding hydrogens is 417 g/mol. The lowest BCUT2D eigenvalue weighted by molar-refractivity contribution is -0.0436. The molecule has 0 saturated carbocycles. The summed E-state index contributed by atoms with van der Waals surface area (Å²) in [6.45, 7) is 3.87. The van der Waals surface area contributed by atoms with Crippen LogP contribution in [0.1, 0.15) is 18.1 Å². The largest absolute Gasteiger partial charge is 0.501 e. The van der Waals surface area contributed by atoms with Gasteiger partial charge in [-0.25, -0.2) is 8.42 Å². The third-order valence-corrected chi connectivity index (χ3v) is 6.30. The van der Waals surface area contributed by atoms with Crippen LogP contribution in [0.2, 0.25) is 0 Å². The van der Waals surface area contributed by atoms with Gasteiger partial charge in [-0.15, -0.1) is 0 Å². The Morgan fingerprint density at radius 2 is 1.77 bits per heavy atom. The summed E-state index contributed by atoms with van der Waals surface area (Å²) in [5.74, 6) is 0. The molecule has 30 heavy (non-hydrogen) atoms.